The molecule has 0 saturated carbocycles. The number of nitrogens with one attached hydrogen (secondary N) is 2. The van der Waals surface area contributed by atoms with E-state index in [1.165, 1.54) is 12.8 Å². The summed E-state index contributed by atoms with van der Waals surface area (Å²) in [5, 5.41) is 3.35. The van der Waals surface area contributed by atoms with Crippen LogP contribution in [0.2, 0.25) is 0 Å². The summed E-state index contributed by atoms with van der Waals surface area (Å²) in [4.78, 5) is 0. The van der Waals surface area contributed by atoms with E-state index in [-0.39, 0.29) is 11.8 Å². The Balaban J connectivity index is 2.32. The van der Waals surface area contributed by atoms with Crippen LogP contribution in [0.15, 0.2) is 12.7 Å². The SMILES string of the molecule is C=CC(C)NS(=O)(=O)CCC1CCCCN1. The van der Waals surface area contributed by atoms with Crippen LogP contribution in [-0.4, -0.2) is 32.8 Å². The molecule has 0 aromatic heterocycles. The highest BCUT2D eigenvalue weighted by Gasteiger charge is 2.18. The van der Waals surface area contributed by atoms with Crippen molar-refractivity contribution in [3.05, 3.63) is 12.7 Å². The summed E-state index contributed by atoms with van der Waals surface area (Å²) in [5.74, 6) is 0.197. The Bertz CT molecular complexity index is 308. The molecule has 0 aliphatic carbocycles. The Kier molecular flexibility index (Phi) is 5.44. The molecule has 2 atom stereocenters. The minimum absolute atomic E-state index is 0.190. The molecule has 1 fully saturated rings. The van der Waals surface area contributed by atoms with Gasteiger partial charge in [0.15, 0.2) is 0 Å². The largest absolute Gasteiger partial charge is 0.314 e. The zero-order valence-corrected chi connectivity index (χ0v) is 10.7. The van der Waals surface area contributed by atoms with Crippen LogP contribution in [0.3, 0.4) is 0 Å². The van der Waals surface area contributed by atoms with Crippen molar-refractivity contribution in [2.24, 2.45) is 0 Å². The van der Waals surface area contributed by atoms with Gasteiger partial charge in [0.25, 0.3) is 0 Å². The lowest BCUT2D eigenvalue weighted by molar-refractivity contribution is 0.392. The lowest BCUT2D eigenvalue weighted by Crippen LogP contribution is -2.38. The number of hydrogen-bond donors (Lipinski definition) is 2. The van der Waals surface area contributed by atoms with E-state index in [1.54, 1.807) is 13.0 Å². The van der Waals surface area contributed by atoms with Crippen LogP contribution in [-0.2, 0) is 10.0 Å². The van der Waals surface area contributed by atoms with Gasteiger partial charge in [0.2, 0.25) is 10.0 Å². The molecular weight excluding hydrogens is 224 g/mol. The Morgan fingerprint density at radius 1 is 1.56 bits per heavy atom. The van der Waals surface area contributed by atoms with Crippen LogP contribution in [0.1, 0.15) is 32.6 Å². The minimum atomic E-state index is -3.15. The van der Waals surface area contributed by atoms with Gasteiger partial charge in [-0.25, -0.2) is 13.1 Å². The number of piperidine rings is 1. The smallest absolute Gasteiger partial charge is 0.212 e. The zero-order valence-electron chi connectivity index (χ0n) is 9.91. The first-order chi connectivity index (χ1) is 7.53. The van der Waals surface area contributed by atoms with Gasteiger partial charge in [-0.15, -0.1) is 6.58 Å². The number of sulfonamides is 1. The standard InChI is InChI=1S/C11H22N2O2S/c1-3-10(2)13-16(14,15)9-7-11-6-4-5-8-12-11/h3,10-13H,1,4-9H2,2H3. The third kappa shape index (κ3) is 5.09. The van der Waals surface area contributed by atoms with Crippen LogP contribution in [0, 0.1) is 0 Å². The maximum Gasteiger partial charge on any atom is 0.212 e. The summed E-state index contributed by atoms with van der Waals surface area (Å²) in [6.07, 6.45) is 5.78. The topological polar surface area (TPSA) is 58.2 Å². The van der Waals surface area contributed by atoms with E-state index in [0.717, 1.165) is 13.0 Å². The monoisotopic (exact) mass is 246 g/mol. The second-order valence-electron chi connectivity index (χ2n) is 4.40. The summed E-state index contributed by atoms with van der Waals surface area (Å²) in [7, 11) is -3.15. The molecule has 1 rings (SSSR count). The summed E-state index contributed by atoms with van der Waals surface area (Å²) in [6.45, 7) is 6.35. The average Bonchev–Trinajstić information content (AvgIpc) is 2.27. The molecule has 2 N–H and O–H groups in total. The first kappa shape index (κ1) is 13.7. The van der Waals surface area contributed by atoms with Crippen molar-refractivity contribution in [2.45, 2.75) is 44.7 Å². The fourth-order valence-corrected chi connectivity index (χ4v) is 3.23. The van der Waals surface area contributed by atoms with Gasteiger partial charge in [0, 0.05) is 12.1 Å². The van der Waals surface area contributed by atoms with E-state index in [1.807, 2.05) is 0 Å². The molecule has 0 bridgehead atoms. The summed E-state index contributed by atoms with van der Waals surface area (Å²) in [6, 6.07) is 0.175. The van der Waals surface area contributed by atoms with Crippen molar-refractivity contribution < 1.29 is 8.42 Å². The third-order valence-corrected chi connectivity index (χ3v) is 4.37. The van der Waals surface area contributed by atoms with Crippen molar-refractivity contribution in [2.75, 3.05) is 12.3 Å². The van der Waals surface area contributed by atoms with Crippen LogP contribution >= 0.6 is 0 Å². The molecule has 4 nitrogen and oxygen atoms in total. The van der Waals surface area contributed by atoms with Gasteiger partial charge in [-0.1, -0.05) is 12.5 Å². The molecule has 0 aromatic rings. The van der Waals surface area contributed by atoms with Gasteiger partial charge in [0.1, 0.15) is 0 Å². The van der Waals surface area contributed by atoms with Crippen molar-refractivity contribution >= 4 is 10.0 Å². The molecule has 0 amide bonds. The van der Waals surface area contributed by atoms with Gasteiger partial charge >= 0.3 is 0 Å². The third-order valence-electron chi connectivity index (χ3n) is 2.87. The fraction of sp³-hybridized carbons (Fsp3) is 0.818. The lowest BCUT2D eigenvalue weighted by atomic mass is 10.0. The highest BCUT2D eigenvalue weighted by Crippen LogP contribution is 2.10. The van der Waals surface area contributed by atoms with Crippen molar-refractivity contribution in [1.29, 1.82) is 0 Å². The molecule has 0 spiro atoms. The maximum atomic E-state index is 11.7. The van der Waals surface area contributed by atoms with E-state index < -0.39 is 10.0 Å². The van der Waals surface area contributed by atoms with Gasteiger partial charge in [-0.3, -0.25) is 0 Å². The lowest BCUT2D eigenvalue weighted by Gasteiger charge is -2.23. The van der Waals surface area contributed by atoms with E-state index in [0.29, 0.717) is 12.5 Å². The van der Waals surface area contributed by atoms with Crippen molar-refractivity contribution in [3.8, 4) is 0 Å². The fourth-order valence-electron chi connectivity index (χ4n) is 1.86. The molecular formula is C11H22N2O2S. The minimum Gasteiger partial charge on any atom is -0.314 e. The molecule has 2 unspecified atom stereocenters. The molecule has 1 heterocycles. The van der Waals surface area contributed by atoms with Crippen molar-refractivity contribution in [1.82, 2.24) is 10.0 Å². The van der Waals surface area contributed by atoms with E-state index >= 15 is 0 Å². The number of hydrogen-bond acceptors (Lipinski definition) is 3. The van der Waals surface area contributed by atoms with Crippen LogP contribution in [0.4, 0.5) is 0 Å². The molecule has 0 radical (unpaired) electrons. The Morgan fingerprint density at radius 2 is 2.31 bits per heavy atom. The Labute approximate surface area is 98.6 Å². The molecule has 5 heteroatoms. The second kappa shape index (κ2) is 6.37. The summed E-state index contributed by atoms with van der Waals surface area (Å²) in [5.41, 5.74) is 0. The maximum absolute atomic E-state index is 11.7. The highest BCUT2D eigenvalue weighted by molar-refractivity contribution is 7.89. The Hall–Kier alpha value is -0.390. The predicted octanol–water partition coefficient (Wildman–Crippen LogP) is 1.01. The van der Waals surface area contributed by atoms with Crippen LogP contribution in [0.5, 0.6) is 0 Å². The summed E-state index contributed by atoms with van der Waals surface area (Å²) < 4.78 is 25.9. The second-order valence-corrected chi connectivity index (χ2v) is 6.27. The molecule has 16 heavy (non-hydrogen) atoms. The van der Waals surface area contributed by atoms with Crippen LogP contribution in [0.25, 0.3) is 0 Å². The number of rotatable bonds is 6. The van der Waals surface area contributed by atoms with E-state index in [2.05, 4.69) is 16.6 Å². The van der Waals surface area contributed by atoms with Gasteiger partial charge in [-0.05, 0) is 32.7 Å². The predicted molar refractivity (Wildman–Crippen MR) is 66.8 cm³/mol. The average molecular weight is 246 g/mol. The molecule has 1 aliphatic heterocycles. The molecule has 0 aromatic carbocycles. The molecule has 1 saturated heterocycles. The summed E-state index contributed by atoms with van der Waals surface area (Å²) >= 11 is 0. The normalized spacial score (nSPS) is 23.9. The van der Waals surface area contributed by atoms with Gasteiger partial charge < -0.3 is 5.32 Å². The van der Waals surface area contributed by atoms with Gasteiger partial charge in [-0.2, -0.15) is 0 Å². The molecule has 94 valence electrons. The van der Waals surface area contributed by atoms with E-state index in [9.17, 15) is 8.42 Å². The van der Waals surface area contributed by atoms with Gasteiger partial charge in [0.05, 0.1) is 5.75 Å². The molecule has 1 aliphatic rings. The van der Waals surface area contributed by atoms with Crippen molar-refractivity contribution in [3.63, 3.8) is 0 Å². The van der Waals surface area contributed by atoms with E-state index in [4.69, 9.17) is 0 Å². The van der Waals surface area contributed by atoms with Crippen LogP contribution < -0.4 is 10.0 Å². The quantitative estimate of drug-likeness (QED) is 0.688. The highest BCUT2D eigenvalue weighted by atomic mass is 32.2. The first-order valence-electron chi connectivity index (χ1n) is 5.89. The Morgan fingerprint density at radius 3 is 2.88 bits per heavy atom. The zero-order chi connectivity index (χ0) is 12.0. The first-order valence-corrected chi connectivity index (χ1v) is 7.54.